The summed E-state index contributed by atoms with van der Waals surface area (Å²) in [5.74, 6) is 2.78. The van der Waals surface area contributed by atoms with E-state index in [1.54, 1.807) is 0 Å². The summed E-state index contributed by atoms with van der Waals surface area (Å²) >= 11 is 0. The number of nitrogens with zero attached hydrogens (tertiary/aromatic N) is 1. The van der Waals surface area contributed by atoms with Crippen molar-refractivity contribution in [3.8, 4) is 0 Å². The van der Waals surface area contributed by atoms with Gasteiger partial charge in [-0.05, 0) is 69.1 Å². The van der Waals surface area contributed by atoms with Crippen LogP contribution in [0.3, 0.4) is 0 Å². The second-order valence-electron chi connectivity index (χ2n) is 9.00. The summed E-state index contributed by atoms with van der Waals surface area (Å²) in [5, 5.41) is 0. The van der Waals surface area contributed by atoms with E-state index in [0.717, 1.165) is 35.9 Å². The topological polar surface area (TPSA) is 29.3 Å². The van der Waals surface area contributed by atoms with Crippen LogP contribution >= 0.6 is 0 Å². The van der Waals surface area contributed by atoms with Crippen LogP contribution in [0.15, 0.2) is 0 Å². The highest BCUT2D eigenvalue weighted by Gasteiger charge is 2.41. The second kappa shape index (κ2) is 7.21. The highest BCUT2D eigenvalue weighted by Crippen LogP contribution is 2.40. The van der Waals surface area contributed by atoms with Gasteiger partial charge in [-0.2, -0.15) is 0 Å². The van der Waals surface area contributed by atoms with Crippen molar-refractivity contribution in [2.45, 2.75) is 109 Å². The van der Waals surface area contributed by atoms with Gasteiger partial charge in [-0.25, -0.2) is 0 Å². The fourth-order valence-corrected chi connectivity index (χ4v) is 6.08. The summed E-state index contributed by atoms with van der Waals surface area (Å²) in [6, 6.07) is 2.91. The van der Waals surface area contributed by atoms with E-state index in [4.69, 9.17) is 5.73 Å². The molecule has 128 valence electrons. The maximum absolute atomic E-state index is 6.34. The van der Waals surface area contributed by atoms with Gasteiger partial charge in [0.05, 0.1) is 0 Å². The van der Waals surface area contributed by atoms with Gasteiger partial charge >= 0.3 is 0 Å². The minimum absolute atomic E-state index is 0.472. The van der Waals surface area contributed by atoms with E-state index in [-0.39, 0.29) is 0 Å². The zero-order valence-corrected chi connectivity index (χ0v) is 15.1. The lowest BCUT2D eigenvalue weighted by Gasteiger charge is -2.53. The molecule has 2 saturated heterocycles. The highest BCUT2D eigenvalue weighted by atomic mass is 15.2. The minimum atomic E-state index is 0.472. The van der Waals surface area contributed by atoms with E-state index in [1.807, 2.05) is 0 Å². The lowest BCUT2D eigenvalue weighted by Crippen LogP contribution is -2.59. The van der Waals surface area contributed by atoms with Crippen molar-refractivity contribution in [1.82, 2.24) is 4.90 Å². The van der Waals surface area contributed by atoms with Gasteiger partial charge in [-0.1, -0.05) is 33.6 Å². The largest absolute Gasteiger partial charge is 0.328 e. The summed E-state index contributed by atoms with van der Waals surface area (Å²) in [7, 11) is 0. The Hall–Kier alpha value is -0.0800. The Kier molecular flexibility index (Phi) is 5.50. The van der Waals surface area contributed by atoms with Crippen LogP contribution in [0.1, 0.15) is 85.0 Å². The fraction of sp³-hybridized carbons (Fsp3) is 1.00. The zero-order chi connectivity index (χ0) is 15.7. The van der Waals surface area contributed by atoms with Gasteiger partial charge < -0.3 is 5.73 Å². The third-order valence-corrected chi connectivity index (χ3v) is 6.89. The Balaban J connectivity index is 1.72. The van der Waals surface area contributed by atoms with E-state index in [1.165, 1.54) is 64.2 Å². The van der Waals surface area contributed by atoms with Crippen molar-refractivity contribution in [2.75, 3.05) is 0 Å². The molecule has 2 bridgehead atoms. The van der Waals surface area contributed by atoms with Crippen LogP contribution < -0.4 is 5.73 Å². The molecule has 0 spiro atoms. The van der Waals surface area contributed by atoms with Gasteiger partial charge in [0, 0.05) is 24.2 Å². The quantitative estimate of drug-likeness (QED) is 0.809. The van der Waals surface area contributed by atoms with Gasteiger partial charge in [-0.15, -0.1) is 0 Å². The molecule has 3 rings (SSSR count). The number of nitrogens with two attached hydrogens (primary N) is 1. The first-order chi connectivity index (χ1) is 10.6. The SMILES string of the molecule is CCC1C[C@@H](C)C[C@@H](N2[C@@H]3CCC[C@H]2C[C@@H](N)C3)C[C@@H](C)C1. The molecule has 0 aromatic rings. The maximum Gasteiger partial charge on any atom is 0.0116 e. The van der Waals surface area contributed by atoms with Gasteiger partial charge in [-0.3, -0.25) is 4.90 Å². The second-order valence-corrected chi connectivity index (χ2v) is 9.00. The summed E-state index contributed by atoms with van der Waals surface area (Å²) in [6.07, 6.45) is 13.9. The van der Waals surface area contributed by atoms with Crippen LogP contribution in [-0.2, 0) is 0 Å². The molecule has 1 aliphatic carbocycles. The van der Waals surface area contributed by atoms with Crippen molar-refractivity contribution < 1.29 is 0 Å². The Morgan fingerprint density at radius 1 is 0.818 bits per heavy atom. The molecule has 0 radical (unpaired) electrons. The van der Waals surface area contributed by atoms with Gasteiger partial charge in [0.15, 0.2) is 0 Å². The number of piperidine rings is 2. The third-order valence-electron chi connectivity index (χ3n) is 6.89. The molecule has 3 aliphatic rings. The monoisotopic (exact) mass is 306 g/mol. The molecule has 1 unspecified atom stereocenters. The fourth-order valence-electron chi connectivity index (χ4n) is 6.08. The van der Waals surface area contributed by atoms with Gasteiger partial charge in [0.25, 0.3) is 0 Å². The van der Waals surface area contributed by atoms with Crippen molar-refractivity contribution in [1.29, 1.82) is 0 Å². The van der Waals surface area contributed by atoms with E-state index >= 15 is 0 Å². The molecule has 0 aromatic carbocycles. The standard InChI is InChI=1S/C20H38N2/c1-4-16-8-14(2)10-20(11-15(3)9-16)22-18-6-5-7-19(22)13-17(21)12-18/h14-20H,4-13,21H2,1-3H3/t14-,15+,16?,17-,18+,19-,20-. The van der Waals surface area contributed by atoms with Crippen molar-refractivity contribution >= 4 is 0 Å². The molecular weight excluding hydrogens is 268 g/mol. The first-order valence-electron chi connectivity index (χ1n) is 10.1. The van der Waals surface area contributed by atoms with Crippen LogP contribution in [0, 0.1) is 17.8 Å². The summed E-state index contributed by atoms with van der Waals surface area (Å²) in [4.78, 5) is 2.98. The molecular formula is C20H38N2. The molecule has 2 heterocycles. The number of fused-ring (bicyclic) bond motifs is 2. The van der Waals surface area contributed by atoms with Crippen LogP contribution in [0.4, 0.5) is 0 Å². The predicted octanol–water partition coefficient (Wildman–Crippen LogP) is 4.57. The average Bonchev–Trinajstić information content (AvgIpc) is 2.43. The molecule has 7 atom stereocenters. The molecule has 22 heavy (non-hydrogen) atoms. The van der Waals surface area contributed by atoms with Gasteiger partial charge in [0.2, 0.25) is 0 Å². The Morgan fingerprint density at radius 2 is 1.36 bits per heavy atom. The van der Waals surface area contributed by atoms with E-state index in [9.17, 15) is 0 Å². The van der Waals surface area contributed by atoms with E-state index in [2.05, 4.69) is 25.7 Å². The third kappa shape index (κ3) is 3.70. The highest BCUT2D eigenvalue weighted by molar-refractivity contribution is 4.98. The molecule has 0 amide bonds. The van der Waals surface area contributed by atoms with Gasteiger partial charge in [0.1, 0.15) is 0 Å². The minimum Gasteiger partial charge on any atom is -0.328 e. The lowest BCUT2D eigenvalue weighted by atomic mass is 9.74. The Labute approximate surface area is 138 Å². The number of rotatable bonds is 2. The van der Waals surface area contributed by atoms with Crippen LogP contribution in [0.2, 0.25) is 0 Å². The van der Waals surface area contributed by atoms with E-state index < -0.39 is 0 Å². The smallest absolute Gasteiger partial charge is 0.0116 e. The molecule has 3 fully saturated rings. The molecule has 0 aromatic heterocycles. The predicted molar refractivity (Wildman–Crippen MR) is 94.8 cm³/mol. The Morgan fingerprint density at radius 3 is 1.86 bits per heavy atom. The molecule has 2 aliphatic heterocycles. The summed E-state index contributed by atoms with van der Waals surface area (Å²) < 4.78 is 0. The maximum atomic E-state index is 6.34. The average molecular weight is 307 g/mol. The normalized spacial score (nSPS) is 47.7. The van der Waals surface area contributed by atoms with Crippen molar-refractivity contribution in [2.24, 2.45) is 23.5 Å². The zero-order valence-electron chi connectivity index (χ0n) is 15.1. The number of hydrogen-bond donors (Lipinski definition) is 1. The van der Waals surface area contributed by atoms with Crippen LogP contribution in [0.25, 0.3) is 0 Å². The van der Waals surface area contributed by atoms with E-state index in [0.29, 0.717) is 6.04 Å². The molecule has 2 N–H and O–H groups in total. The van der Waals surface area contributed by atoms with Crippen molar-refractivity contribution in [3.63, 3.8) is 0 Å². The molecule has 2 heteroatoms. The molecule has 1 saturated carbocycles. The lowest BCUT2D eigenvalue weighted by molar-refractivity contribution is -0.0253. The van der Waals surface area contributed by atoms with Crippen LogP contribution in [-0.4, -0.2) is 29.1 Å². The Bertz CT molecular complexity index is 328. The summed E-state index contributed by atoms with van der Waals surface area (Å²) in [6.45, 7) is 7.41. The first-order valence-corrected chi connectivity index (χ1v) is 10.1. The molecule has 2 nitrogen and oxygen atoms in total. The summed E-state index contributed by atoms with van der Waals surface area (Å²) in [5.41, 5.74) is 6.34. The number of hydrogen-bond acceptors (Lipinski definition) is 2. The first kappa shape index (κ1) is 16.8. The van der Waals surface area contributed by atoms with Crippen LogP contribution in [0.5, 0.6) is 0 Å². The van der Waals surface area contributed by atoms with Crippen molar-refractivity contribution in [3.05, 3.63) is 0 Å².